The highest BCUT2D eigenvalue weighted by molar-refractivity contribution is 5.93. The third-order valence-electron chi connectivity index (χ3n) is 2.14. The number of hydrogen-bond donors (Lipinski definition) is 1. The third kappa shape index (κ3) is 3.87. The molecule has 0 aromatic heterocycles. The number of benzene rings is 1. The van der Waals surface area contributed by atoms with E-state index in [-0.39, 0.29) is 5.56 Å². The van der Waals surface area contributed by atoms with Crippen LogP contribution in [0.25, 0.3) is 0 Å². The molecule has 0 radical (unpaired) electrons. The molecule has 5 nitrogen and oxygen atoms in total. The van der Waals surface area contributed by atoms with Crippen LogP contribution in [0.4, 0.5) is 13.2 Å². The minimum atomic E-state index is -4.74. The molecule has 1 rings (SSSR count). The highest BCUT2D eigenvalue weighted by atomic mass is 19.4. The Morgan fingerprint density at radius 3 is 2.42 bits per heavy atom. The topological polar surface area (TPSA) is 78.6 Å². The average molecular weight is 277 g/mol. The van der Waals surface area contributed by atoms with Crippen LogP contribution >= 0.6 is 0 Å². The van der Waals surface area contributed by atoms with Gasteiger partial charge in [-0.15, -0.1) is 0 Å². The summed E-state index contributed by atoms with van der Waals surface area (Å²) >= 11 is 0. The van der Waals surface area contributed by atoms with E-state index in [1.54, 1.807) is 0 Å². The van der Waals surface area contributed by atoms with Gasteiger partial charge in [-0.1, -0.05) is 0 Å². The Kier molecular flexibility index (Phi) is 4.36. The Morgan fingerprint density at radius 1 is 1.32 bits per heavy atom. The number of amides is 1. The number of alkyl halides is 3. The number of esters is 1. The number of halogens is 3. The fourth-order valence-electron chi connectivity index (χ4n) is 1.23. The van der Waals surface area contributed by atoms with Gasteiger partial charge in [-0.25, -0.2) is 4.79 Å². The van der Waals surface area contributed by atoms with Crippen molar-refractivity contribution in [3.63, 3.8) is 0 Å². The molecule has 0 fully saturated rings. The molecule has 0 aliphatic carbocycles. The summed E-state index contributed by atoms with van der Waals surface area (Å²) in [5.74, 6) is -2.40. The largest absolute Gasteiger partial charge is 0.481 e. The van der Waals surface area contributed by atoms with Crippen molar-refractivity contribution in [2.24, 2.45) is 5.73 Å². The number of carbonyl (C=O) groups excluding carboxylic acids is 2. The molecule has 0 aliphatic heterocycles. The SMILES string of the molecule is COC(=O)COc1ccc(C(N)=O)cc1C(F)(F)F. The zero-order chi connectivity index (χ0) is 14.6. The molecular formula is C11H10F3NO4. The van der Waals surface area contributed by atoms with E-state index in [0.29, 0.717) is 6.07 Å². The third-order valence-corrected chi connectivity index (χ3v) is 2.14. The Labute approximate surface area is 106 Å². The molecule has 1 amide bonds. The first-order valence-corrected chi connectivity index (χ1v) is 4.96. The van der Waals surface area contributed by atoms with Gasteiger partial charge in [0, 0.05) is 5.56 Å². The van der Waals surface area contributed by atoms with Gasteiger partial charge in [-0.3, -0.25) is 4.79 Å². The van der Waals surface area contributed by atoms with Crippen LogP contribution in [0, 0.1) is 0 Å². The summed E-state index contributed by atoms with van der Waals surface area (Å²) in [5, 5.41) is 0. The number of methoxy groups -OCH3 is 1. The molecule has 2 N–H and O–H groups in total. The molecule has 104 valence electrons. The summed E-state index contributed by atoms with van der Waals surface area (Å²) in [6.45, 7) is -0.671. The summed E-state index contributed by atoms with van der Waals surface area (Å²) < 4.78 is 47.2. The number of ether oxygens (including phenoxy) is 2. The van der Waals surface area contributed by atoms with Crippen molar-refractivity contribution < 1.29 is 32.2 Å². The van der Waals surface area contributed by atoms with Crippen LogP contribution in [0.3, 0.4) is 0 Å². The zero-order valence-corrected chi connectivity index (χ0v) is 9.78. The normalized spacial score (nSPS) is 10.9. The van der Waals surface area contributed by atoms with E-state index in [0.717, 1.165) is 19.2 Å². The fourth-order valence-corrected chi connectivity index (χ4v) is 1.23. The van der Waals surface area contributed by atoms with Gasteiger partial charge in [0.25, 0.3) is 0 Å². The van der Waals surface area contributed by atoms with E-state index in [1.807, 2.05) is 0 Å². The smallest absolute Gasteiger partial charge is 0.419 e. The molecule has 1 aromatic rings. The van der Waals surface area contributed by atoms with E-state index in [1.165, 1.54) is 0 Å². The standard InChI is InChI=1S/C11H10F3NO4/c1-18-9(16)5-19-8-3-2-6(10(15)17)4-7(8)11(12,13)14/h2-4H,5H2,1H3,(H2,15,17). The Bertz CT molecular complexity index is 499. The quantitative estimate of drug-likeness (QED) is 0.843. The number of primary amides is 1. The number of rotatable bonds is 4. The summed E-state index contributed by atoms with van der Waals surface area (Å²) in [6.07, 6.45) is -4.74. The van der Waals surface area contributed by atoms with Gasteiger partial charge in [-0.2, -0.15) is 13.2 Å². The lowest BCUT2D eigenvalue weighted by molar-refractivity contribution is -0.145. The minimum Gasteiger partial charge on any atom is -0.481 e. The van der Waals surface area contributed by atoms with Crippen molar-refractivity contribution >= 4 is 11.9 Å². The number of hydrogen-bond acceptors (Lipinski definition) is 4. The lowest BCUT2D eigenvalue weighted by atomic mass is 10.1. The Hall–Kier alpha value is -2.25. The van der Waals surface area contributed by atoms with Gasteiger partial charge in [-0.05, 0) is 18.2 Å². The van der Waals surface area contributed by atoms with Crippen molar-refractivity contribution in [3.8, 4) is 5.75 Å². The Morgan fingerprint density at radius 2 is 1.95 bits per heavy atom. The van der Waals surface area contributed by atoms with E-state index in [9.17, 15) is 22.8 Å². The van der Waals surface area contributed by atoms with Crippen molar-refractivity contribution in [1.82, 2.24) is 0 Å². The highest BCUT2D eigenvalue weighted by Gasteiger charge is 2.35. The summed E-state index contributed by atoms with van der Waals surface area (Å²) in [5.41, 5.74) is 3.40. The van der Waals surface area contributed by atoms with Gasteiger partial charge in [0.1, 0.15) is 5.75 Å². The van der Waals surface area contributed by atoms with E-state index >= 15 is 0 Å². The monoisotopic (exact) mass is 277 g/mol. The summed E-state index contributed by atoms with van der Waals surface area (Å²) in [4.78, 5) is 21.7. The van der Waals surface area contributed by atoms with Gasteiger partial charge in [0.2, 0.25) is 5.91 Å². The molecule has 0 spiro atoms. The second-order valence-electron chi connectivity index (χ2n) is 3.44. The highest BCUT2D eigenvalue weighted by Crippen LogP contribution is 2.36. The van der Waals surface area contributed by atoms with Gasteiger partial charge in [0.15, 0.2) is 6.61 Å². The lowest BCUT2D eigenvalue weighted by Gasteiger charge is -2.14. The van der Waals surface area contributed by atoms with E-state index in [4.69, 9.17) is 10.5 Å². The number of nitrogens with two attached hydrogens (primary N) is 1. The second kappa shape index (κ2) is 5.59. The maximum Gasteiger partial charge on any atom is 0.419 e. The molecule has 0 aliphatic rings. The van der Waals surface area contributed by atoms with Crippen LogP contribution in [0.1, 0.15) is 15.9 Å². The summed E-state index contributed by atoms with van der Waals surface area (Å²) in [6, 6.07) is 2.56. The molecule has 0 unspecified atom stereocenters. The van der Waals surface area contributed by atoms with Crippen molar-refractivity contribution in [3.05, 3.63) is 29.3 Å². The van der Waals surface area contributed by atoms with Crippen LogP contribution in [0.2, 0.25) is 0 Å². The number of carbonyl (C=O) groups is 2. The van der Waals surface area contributed by atoms with E-state index in [2.05, 4.69) is 4.74 Å². The van der Waals surface area contributed by atoms with Crippen LogP contribution in [-0.2, 0) is 15.7 Å². The van der Waals surface area contributed by atoms with Crippen LogP contribution < -0.4 is 10.5 Å². The maximum atomic E-state index is 12.7. The van der Waals surface area contributed by atoms with Crippen molar-refractivity contribution in [1.29, 1.82) is 0 Å². The summed E-state index contributed by atoms with van der Waals surface area (Å²) in [7, 11) is 1.08. The zero-order valence-electron chi connectivity index (χ0n) is 9.78. The predicted octanol–water partition coefficient (Wildman–Crippen LogP) is 1.36. The molecule has 19 heavy (non-hydrogen) atoms. The lowest BCUT2D eigenvalue weighted by Crippen LogP contribution is -2.17. The first kappa shape index (κ1) is 14.8. The van der Waals surface area contributed by atoms with Crippen LogP contribution in [-0.4, -0.2) is 25.6 Å². The molecule has 0 atom stereocenters. The second-order valence-corrected chi connectivity index (χ2v) is 3.44. The maximum absolute atomic E-state index is 12.7. The molecule has 0 bridgehead atoms. The molecular weight excluding hydrogens is 267 g/mol. The first-order valence-electron chi connectivity index (χ1n) is 4.96. The minimum absolute atomic E-state index is 0.308. The average Bonchev–Trinajstić information content (AvgIpc) is 2.34. The molecule has 0 heterocycles. The predicted molar refractivity (Wildman–Crippen MR) is 57.5 cm³/mol. The van der Waals surface area contributed by atoms with Crippen LogP contribution in [0.5, 0.6) is 5.75 Å². The Balaban J connectivity index is 3.10. The van der Waals surface area contributed by atoms with Gasteiger partial charge < -0.3 is 15.2 Å². The first-order chi connectivity index (χ1) is 8.75. The molecule has 0 saturated carbocycles. The van der Waals surface area contributed by atoms with Crippen LogP contribution in [0.15, 0.2) is 18.2 Å². The van der Waals surface area contributed by atoms with Crippen molar-refractivity contribution in [2.75, 3.05) is 13.7 Å². The molecule has 8 heteroatoms. The van der Waals surface area contributed by atoms with E-state index < -0.39 is 36.0 Å². The van der Waals surface area contributed by atoms with Crippen molar-refractivity contribution in [2.45, 2.75) is 6.18 Å². The fraction of sp³-hybridized carbons (Fsp3) is 0.273. The molecule has 0 saturated heterocycles. The van der Waals surface area contributed by atoms with Gasteiger partial charge in [0.05, 0.1) is 12.7 Å². The van der Waals surface area contributed by atoms with Gasteiger partial charge >= 0.3 is 12.1 Å². The molecule has 1 aromatic carbocycles.